The molecule has 0 fully saturated rings. The van der Waals surface area contributed by atoms with Crippen molar-refractivity contribution in [3.05, 3.63) is 24.8 Å². The van der Waals surface area contributed by atoms with E-state index in [-0.39, 0.29) is 40.9 Å². The molecular formula is C7H5I2NaO3. The van der Waals surface area contributed by atoms with Gasteiger partial charge >= 0.3 is 35.5 Å². The van der Waals surface area contributed by atoms with Crippen LogP contribution in [0.15, 0.2) is 12.1 Å². The molecule has 0 saturated carbocycles. The van der Waals surface area contributed by atoms with Gasteiger partial charge in [-0.1, -0.05) is 0 Å². The summed E-state index contributed by atoms with van der Waals surface area (Å²) in [5.41, 5.74) is -0.0497. The summed E-state index contributed by atoms with van der Waals surface area (Å²) in [5, 5.41) is 17.9. The molecule has 0 heterocycles. The van der Waals surface area contributed by atoms with Crippen molar-refractivity contribution in [3.8, 4) is 5.75 Å². The zero-order valence-corrected chi connectivity index (χ0v) is 10.0. The number of hydrogen-bond acceptors (Lipinski definition) is 2. The molecule has 0 saturated heterocycles. The topological polar surface area (TPSA) is 57.5 Å². The van der Waals surface area contributed by atoms with E-state index in [1.54, 1.807) is 6.07 Å². The molecule has 1 aromatic carbocycles. The minimum absolute atomic E-state index is 0. The molecular weight excluding hydrogens is 409 g/mol. The molecule has 13 heavy (non-hydrogen) atoms. The second-order valence-corrected chi connectivity index (χ2v) is 4.50. The first-order valence-electron chi connectivity index (χ1n) is 2.93. The van der Waals surface area contributed by atoms with E-state index in [2.05, 4.69) is 0 Å². The van der Waals surface area contributed by atoms with Crippen molar-refractivity contribution < 1.29 is 15.0 Å². The van der Waals surface area contributed by atoms with Gasteiger partial charge in [0.05, 0.1) is 3.57 Å². The van der Waals surface area contributed by atoms with Crippen molar-refractivity contribution in [1.82, 2.24) is 0 Å². The van der Waals surface area contributed by atoms with Gasteiger partial charge in [0.2, 0.25) is 0 Å². The maximum atomic E-state index is 10.6. The average Bonchev–Trinajstić information content (AvgIpc) is 1.96. The summed E-state index contributed by atoms with van der Waals surface area (Å²) in [6.45, 7) is 0. The van der Waals surface area contributed by atoms with Gasteiger partial charge in [-0.2, -0.15) is 0 Å². The molecule has 3 nitrogen and oxygen atoms in total. The summed E-state index contributed by atoms with van der Waals surface area (Å²) >= 11 is 3.89. The first-order valence-corrected chi connectivity index (χ1v) is 5.09. The van der Waals surface area contributed by atoms with Crippen LogP contribution in [-0.4, -0.2) is 45.7 Å². The third kappa shape index (κ3) is 3.54. The summed E-state index contributed by atoms with van der Waals surface area (Å²) in [5.74, 6) is -1.27. The van der Waals surface area contributed by atoms with Gasteiger partial charge in [0.15, 0.2) is 0 Å². The molecule has 0 unspecified atom stereocenters. The minimum atomic E-state index is -1.11. The van der Waals surface area contributed by atoms with Crippen LogP contribution in [0, 0.1) is 7.14 Å². The van der Waals surface area contributed by atoms with E-state index in [1.807, 2.05) is 45.2 Å². The molecule has 66 valence electrons. The number of carbonyl (C=O) groups is 1. The number of carboxylic acids is 1. The molecule has 0 aliphatic heterocycles. The van der Waals surface area contributed by atoms with E-state index in [4.69, 9.17) is 5.11 Å². The van der Waals surface area contributed by atoms with Crippen molar-refractivity contribution in [2.75, 3.05) is 0 Å². The molecule has 0 radical (unpaired) electrons. The van der Waals surface area contributed by atoms with Crippen molar-refractivity contribution >= 4 is 80.7 Å². The molecule has 0 bridgehead atoms. The molecule has 0 spiro atoms. The van der Waals surface area contributed by atoms with Gasteiger partial charge in [0.1, 0.15) is 11.3 Å². The molecule has 2 N–H and O–H groups in total. The zero-order chi connectivity index (χ0) is 9.30. The van der Waals surface area contributed by atoms with Crippen LogP contribution in [0.5, 0.6) is 5.75 Å². The van der Waals surface area contributed by atoms with Crippen molar-refractivity contribution in [1.29, 1.82) is 0 Å². The van der Waals surface area contributed by atoms with Crippen molar-refractivity contribution in [2.45, 2.75) is 0 Å². The Morgan fingerprint density at radius 2 is 1.85 bits per heavy atom. The van der Waals surface area contributed by atoms with E-state index >= 15 is 0 Å². The predicted octanol–water partition coefficient (Wildman–Crippen LogP) is 1.65. The predicted molar refractivity (Wildman–Crippen MR) is 67.6 cm³/mol. The van der Waals surface area contributed by atoms with E-state index in [0.29, 0.717) is 3.57 Å². The third-order valence-corrected chi connectivity index (χ3v) is 2.70. The maximum absolute atomic E-state index is 10.6. The van der Waals surface area contributed by atoms with Gasteiger partial charge in [0.25, 0.3) is 0 Å². The van der Waals surface area contributed by atoms with Crippen LogP contribution in [0.1, 0.15) is 10.4 Å². The van der Waals surface area contributed by atoms with Crippen molar-refractivity contribution in [3.63, 3.8) is 0 Å². The monoisotopic (exact) mass is 414 g/mol. The first-order chi connectivity index (χ1) is 5.52. The fourth-order valence-corrected chi connectivity index (χ4v) is 2.57. The number of aromatic hydroxyl groups is 1. The molecule has 0 aliphatic rings. The fraction of sp³-hybridized carbons (Fsp3) is 0. The van der Waals surface area contributed by atoms with Gasteiger partial charge in [-0.25, -0.2) is 4.79 Å². The number of benzene rings is 1. The summed E-state index contributed by atoms with van der Waals surface area (Å²) in [4.78, 5) is 10.6. The van der Waals surface area contributed by atoms with Gasteiger partial charge in [-0.05, 0) is 57.3 Å². The van der Waals surface area contributed by atoms with Crippen LogP contribution < -0.4 is 0 Å². The van der Waals surface area contributed by atoms with Crippen LogP contribution in [0.25, 0.3) is 0 Å². The quantitative estimate of drug-likeness (QED) is 0.543. The Morgan fingerprint density at radius 3 is 2.31 bits per heavy atom. The van der Waals surface area contributed by atoms with Gasteiger partial charge < -0.3 is 10.2 Å². The standard InChI is InChI=1S/C7H4I2O3.Na.H/c8-3-1-4(7(11)12)6(10)5(9)2-3;;/h1-2,10H,(H,11,12);;. The Bertz CT molecular complexity index is 341. The molecule has 1 rings (SSSR count). The second kappa shape index (κ2) is 5.74. The number of aromatic carboxylic acids is 1. The summed E-state index contributed by atoms with van der Waals surface area (Å²) < 4.78 is 1.35. The number of halogens is 2. The zero-order valence-electron chi connectivity index (χ0n) is 5.71. The van der Waals surface area contributed by atoms with Crippen LogP contribution >= 0.6 is 45.2 Å². The number of phenols is 1. The van der Waals surface area contributed by atoms with Gasteiger partial charge in [0, 0.05) is 3.57 Å². The number of carboxylic acid groups (broad SMARTS) is 1. The molecule has 0 aliphatic carbocycles. The Balaban J connectivity index is 0.00000144. The number of rotatable bonds is 1. The van der Waals surface area contributed by atoms with E-state index < -0.39 is 5.97 Å². The Morgan fingerprint density at radius 1 is 1.31 bits per heavy atom. The Kier molecular flexibility index (Phi) is 6.16. The SMILES string of the molecule is O=C(O)c1cc(I)cc(I)c1O.[NaH]. The van der Waals surface area contributed by atoms with Gasteiger partial charge in [-0.3, -0.25) is 0 Å². The summed E-state index contributed by atoms with van der Waals surface area (Å²) in [6, 6.07) is 3.14. The summed E-state index contributed by atoms with van der Waals surface area (Å²) in [6.07, 6.45) is 0. The average molecular weight is 414 g/mol. The molecule has 0 amide bonds. The van der Waals surface area contributed by atoms with Crippen LogP contribution in [-0.2, 0) is 0 Å². The van der Waals surface area contributed by atoms with E-state index in [1.165, 1.54) is 6.07 Å². The van der Waals surface area contributed by atoms with Crippen molar-refractivity contribution in [2.24, 2.45) is 0 Å². The third-order valence-electron chi connectivity index (χ3n) is 1.26. The molecule has 6 heteroatoms. The molecule has 1 aromatic rings. The number of hydrogen-bond donors (Lipinski definition) is 2. The molecule has 0 atom stereocenters. The normalized spacial score (nSPS) is 9.08. The Labute approximate surface area is 124 Å². The first kappa shape index (κ1) is 13.9. The summed E-state index contributed by atoms with van der Waals surface area (Å²) in [7, 11) is 0. The van der Waals surface area contributed by atoms with Gasteiger partial charge in [-0.15, -0.1) is 0 Å². The second-order valence-electron chi connectivity index (χ2n) is 2.09. The van der Waals surface area contributed by atoms with Crippen LogP contribution in [0.4, 0.5) is 0 Å². The molecule has 0 aromatic heterocycles. The van der Waals surface area contributed by atoms with E-state index in [9.17, 15) is 9.90 Å². The van der Waals surface area contributed by atoms with Crippen LogP contribution in [0.3, 0.4) is 0 Å². The van der Waals surface area contributed by atoms with Crippen LogP contribution in [0.2, 0.25) is 0 Å². The Hall–Kier alpha value is 0.950. The fourth-order valence-electron chi connectivity index (χ4n) is 0.729. The van der Waals surface area contributed by atoms with E-state index in [0.717, 1.165) is 3.57 Å².